The molecule has 2 aromatic heterocycles. The van der Waals surface area contributed by atoms with Crippen molar-refractivity contribution in [3.63, 3.8) is 0 Å². The maximum Gasteiger partial charge on any atom is 0.258 e. The molecule has 0 fully saturated rings. The van der Waals surface area contributed by atoms with Crippen LogP contribution in [0, 0.1) is 0 Å². The van der Waals surface area contributed by atoms with E-state index in [9.17, 15) is 4.79 Å². The lowest BCUT2D eigenvalue weighted by atomic mass is 9.93. The number of anilines is 1. The molecule has 108 valence electrons. The van der Waals surface area contributed by atoms with Crippen LogP contribution in [0.15, 0.2) is 35.8 Å². The van der Waals surface area contributed by atoms with Crippen LogP contribution in [0.4, 0.5) is 5.13 Å². The number of thiazole rings is 1. The molecule has 0 spiro atoms. The molecule has 5 heteroatoms. The molecule has 3 rings (SSSR count). The molecule has 0 aliphatic carbocycles. The topological polar surface area (TPSA) is 57.8 Å². The van der Waals surface area contributed by atoms with Crippen LogP contribution in [0.3, 0.4) is 0 Å². The molecule has 4 nitrogen and oxygen atoms in total. The Morgan fingerprint density at radius 3 is 2.81 bits per heavy atom. The summed E-state index contributed by atoms with van der Waals surface area (Å²) in [6, 6.07) is 7.56. The van der Waals surface area contributed by atoms with Crippen molar-refractivity contribution in [2.45, 2.75) is 26.2 Å². The molecule has 0 radical (unpaired) electrons. The predicted octanol–water partition coefficient (Wildman–Crippen LogP) is 4.17. The fraction of sp³-hybridized carbons (Fsp3) is 0.250. The molecule has 2 heterocycles. The Morgan fingerprint density at radius 1 is 1.29 bits per heavy atom. The number of rotatable bonds is 2. The van der Waals surface area contributed by atoms with Crippen molar-refractivity contribution in [2.75, 3.05) is 5.32 Å². The van der Waals surface area contributed by atoms with Gasteiger partial charge in [0.05, 0.1) is 5.69 Å². The van der Waals surface area contributed by atoms with E-state index in [1.807, 2.05) is 35.8 Å². The number of nitrogens with zero attached hydrogens (tertiary/aromatic N) is 1. The average Bonchev–Trinajstić information content (AvgIpc) is 3.05. The molecule has 0 unspecified atom stereocenters. The molecule has 0 aliphatic rings. The zero-order chi connectivity index (χ0) is 15.0. The molecule has 0 bridgehead atoms. The van der Waals surface area contributed by atoms with Gasteiger partial charge in [0.25, 0.3) is 5.91 Å². The van der Waals surface area contributed by atoms with Crippen LogP contribution in [0.2, 0.25) is 0 Å². The predicted molar refractivity (Wildman–Crippen MR) is 87.1 cm³/mol. The fourth-order valence-electron chi connectivity index (χ4n) is 2.12. The second-order valence-corrected chi connectivity index (χ2v) is 6.84. The lowest BCUT2D eigenvalue weighted by Gasteiger charge is -2.14. The van der Waals surface area contributed by atoms with Crippen LogP contribution >= 0.6 is 11.3 Å². The van der Waals surface area contributed by atoms with Gasteiger partial charge in [0, 0.05) is 33.5 Å². The minimum absolute atomic E-state index is 0.0138. The third-order valence-corrected chi connectivity index (χ3v) is 4.09. The van der Waals surface area contributed by atoms with Gasteiger partial charge in [-0.05, 0) is 18.2 Å². The number of fused-ring (bicyclic) bond motifs is 1. The summed E-state index contributed by atoms with van der Waals surface area (Å²) >= 11 is 1.46. The molecule has 1 aromatic carbocycles. The molecule has 1 amide bonds. The molecule has 0 aliphatic heterocycles. The third kappa shape index (κ3) is 2.69. The minimum atomic E-state index is -0.130. The number of benzene rings is 1. The Morgan fingerprint density at radius 2 is 2.10 bits per heavy atom. The SMILES string of the molecule is CC(C)(C)c1csc(NC(=O)c2cccc3[nH]ccc23)n1. The van der Waals surface area contributed by atoms with Crippen molar-refractivity contribution >= 4 is 33.3 Å². The number of aromatic nitrogens is 2. The van der Waals surface area contributed by atoms with Gasteiger partial charge in [-0.15, -0.1) is 11.3 Å². The smallest absolute Gasteiger partial charge is 0.258 e. The summed E-state index contributed by atoms with van der Waals surface area (Å²) in [5.41, 5.74) is 2.58. The van der Waals surface area contributed by atoms with E-state index in [0.717, 1.165) is 16.6 Å². The van der Waals surface area contributed by atoms with Gasteiger partial charge in [0.2, 0.25) is 0 Å². The van der Waals surface area contributed by atoms with E-state index in [-0.39, 0.29) is 11.3 Å². The third-order valence-electron chi connectivity index (χ3n) is 3.33. The van der Waals surface area contributed by atoms with Gasteiger partial charge >= 0.3 is 0 Å². The molecule has 2 N–H and O–H groups in total. The highest BCUT2D eigenvalue weighted by molar-refractivity contribution is 7.14. The highest BCUT2D eigenvalue weighted by Gasteiger charge is 2.19. The highest BCUT2D eigenvalue weighted by atomic mass is 32.1. The Labute approximate surface area is 127 Å². The van der Waals surface area contributed by atoms with Crippen molar-refractivity contribution < 1.29 is 4.79 Å². The lowest BCUT2D eigenvalue weighted by molar-refractivity contribution is 0.102. The molecular formula is C16H17N3OS. The Hall–Kier alpha value is -2.14. The van der Waals surface area contributed by atoms with Crippen LogP contribution in [-0.4, -0.2) is 15.9 Å². The number of carbonyl (C=O) groups is 1. The lowest BCUT2D eigenvalue weighted by Crippen LogP contribution is -2.14. The van der Waals surface area contributed by atoms with Crippen LogP contribution in [0.5, 0.6) is 0 Å². The van der Waals surface area contributed by atoms with E-state index in [1.165, 1.54) is 11.3 Å². The van der Waals surface area contributed by atoms with Crippen LogP contribution in [-0.2, 0) is 5.41 Å². The first-order valence-electron chi connectivity index (χ1n) is 6.78. The second kappa shape index (κ2) is 5.00. The minimum Gasteiger partial charge on any atom is -0.361 e. The summed E-state index contributed by atoms with van der Waals surface area (Å²) in [4.78, 5) is 20.0. The number of aromatic amines is 1. The van der Waals surface area contributed by atoms with Gasteiger partial charge in [-0.3, -0.25) is 10.1 Å². The number of nitrogens with one attached hydrogen (secondary N) is 2. The van der Waals surface area contributed by atoms with Crippen molar-refractivity contribution in [1.29, 1.82) is 0 Å². The maximum atomic E-state index is 12.4. The van der Waals surface area contributed by atoms with Gasteiger partial charge < -0.3 is 4.98 Å². The van der Waals surface area contributed by atoms with Crippen LogP contribution in [0.25, 0.3) is 10.9 Å². The van der Waals surface area contributed by atoms with E-state index in [4.69, 9.17) is 0 Å². The van der Waals surface area contributed by atoms with Crippen molar-refractivity contribution in [3.05, 3.63) is 47.1 Å². The number of carbonyl (C=O) groups excluding carboxylic acids is 1. The van der Waals surface area contributed by atoms with Crippen molar-refractivity contribution in [2.24, 2.45) is 0 Å². The maximum absolute atomic E-state index is 12.4. The second-order valence-electron chi connectivity index (χ2n) is 5.99. The largest absolute Gasteiger partial charge is 0.361 e. The number of hydrogen-bond donors (Lipinski definition) is 2. The van der Waals surface area contributed by atoms with Gasteiger partial charge in [-0.1, -0.05) is 26.8 Å². The van der Waals surface area contributed by atoms with E-state index in [2.05, 4.69) is 36.1 Å². The summed E-state index contributed by atoms with van der Waals surface area (Å²) in [6.07, 6.45) is 1.84. The van der Waals surface area contributed by atoms with Crippen molar-refractivity contribution in [1.82, 2.24) is 9.97 Å². The molecule has 3 aromatic rings. The fourth-order valence-corrected chi connectivity index (χ4v) is 3.06. The molecule has 0 saturated carbocycles. The Kier molecular flexibility index (Phi) is 3.29. The molecule has 0 saturated heterocycles. The Balaban J connectivity index is 1.87. The standard InChI is InChI=1S/C16H17N3OS/c1-16(2,3)13-9-21-15(18-13)19-14(20)11-5-4-6-12-10(11)7-8-17-12/h4-9,17H,1-3H3,(H,18,19,20). The quantitative estimate of drug-likeness (QED) is 0.746. The first-order chi connectivity index (χ1) is 9.95. The summed E-state index contributed by atoms with van der Waals surface area (Å²) in [5, 5.41) is 6.44. The van der Waals surface area contributed by atoms with E-state index < -0.39 is 0 Å². The summed E-state index contributed by atoms with van der Waals surface area (Å²) in [7, 11) is 0. The van der Waals surface area contributed by atoms with E-state index in [0.29, 0.717) is 10.7 Å². The molecular weight excluding hydrogens is 282 g/mol. The van der Waals surface area contributed by atoms with Gasteiger partial charge in [-0.25, -0.2) is 4.98 Å². The monoisotopic (exact) mass is 299 g/mol. The van der Waals surface area contributed by atoms with Gasteiger partial charge in [-0.2, -0.15) is 0 Å². The van der Waals surface area contributed by atoms with E-state index in [1.54, 1.807) is 0 Å². The van der Waals surface area contributed by atoms with Crippen molar-refractivity contribution in [3.8, 4) is 0 Å². The molecule has 21 heavy (non-hydrogen) atoms. The normalized spacial score (nSPS) is 11.8. The zero-order valence-electron chi connectivity index (χ0n) is 12.2. The van der Waals surface area contributed by atoms with Crippen LogP contribution < -0.4 is 5.32 Å². The summed E-state index contributed by atoms with van der Waals surface area (Å²) in [5.74, 6) is -0.130. The Bertz CT molecular complexity index is 795. The summed E-state index contributed by atoms with van der Waals surface area (Å²) in [6.45, 7) is 6.32. The number of H-pyrrole nitrogens is 1. The zero-order valence-corrected chi connectivity index (χ0v) is 13.0. The van der Waals surface area contributed by atoms with E-state index >= 15 is 0 Å². The van der Waals surface area contributed by atoms with Gasteiger partial charge in [0.1, 0.15) is 0 Å². The van der Waals surface area contributed by atoms with Crippen LogP contribution in [0.1, 0.15) is 36.8 Å². The first kappa shape index (κ1) is 13.8. The molecule has 0 atom stereocenters. The highest BCUT2D eigenvalue weighted by Crippen LogP contribution is 2.27. The van der Waals surface area contributed by atoms with Gasteiger partial charge in [0.15, 0.2) is 5.13 Å². The number of hydrogen-bond acceptors (Lipinski definition) is 3. The summed E-state index contributed by atoms with van der Waals surface area (Å²) < 4.78 is 0. The average molecular weight is 299 g/mol. The number of amides is 1. The first-order valence-corrected chi connectivity index (χ1v) is 7.66.